The highest BCUT2D eigenvalue weighted by atomic mass is 32.1. The second-order valence-corrected chi connectivity index (χ2v) is 8.26. The summed E-state index contributed by atoms with van der Waals surface area (Å²) >= 11 is 1.19. The van der Waals surface area contributed by atoms with Gasteiger partial charge in [-0.3, -0.25) is 14.9 Å². The van der Waals surface area contributed by atoms with Crippen LogP contribution in [0.3, 0.4) is 0 Å². The van der Waals surface area contributed by atoms with E-state index < -0.39 is 4.92 Å². The van der Waals surface area contributed by atoms with E-state index in [2.05, 4.69) is 10.1 Å². The normalized spacial score (nSPS) is 11.8. The third-order valence-electron chi connectivity index (χ3n) is 4.86. The van der Waals surface area contributed by atoms with E-state index in [1.807, 2.05) is 31.2 Å². The fraction of sp³-hybridized carbons (Fsp3) is 0.0870. The van der Waals surface area contributed by atoms with Gasteiger partial charge < -0.3 is 9.15 Å². The molecule has 10 heteroatoms. The molecule has 0 aliphatic rings. The predicted octanol–water partition coefficient (Wildman–Crippen LogP) is 3.75. The van der Waals surface area contributed by atoms with E-state index in [-0.39, 0.29) is 17.9 Å². The van der Waals surface area contributed by atoms with Crippen LogP contribution in [0.2, 0.25) is 0 Å². The summed E-state index contributed by atoms with van der Waals surface area (Å²) in [6.07, 6.45) is 1.60. The van der Waals surface area contributed by atoms with Gasteiger partial charge in [-0.1, -0.05) is 41.2 Å². The molecule has 0 bridgehead atoms. The Bertz CT molecular complexity index is 1580. The minimum atomic E-state index is -0.461. The van der Waals surface area contributed by atoms with Crippen molar-refractivity contribution in [1.82, 2.24) is 14.6 Å². The van der Waals surface area contributed by atoms with Crippen molar-refractivity contribution < 1.29 is 14.1 Å². The minimum absolute atomic E-state index is 0.0241. The number of ether oxygens (including phenoxy) is 1. The second-order valence-electron chi connectivity index (χ2n) is 7.25. The molecule has 0 spiro atoms. The fourth-order valence-corrected chi connectivity index (χ4v) is 4.11. The van der Waals surface area contributed by atoms with Gasteiger partial charge in [-0.15, -0.1) is 5.10 Å². The maximum absolute atomic E-state index is 12.7. The number of aromatic nitrogens is 3. The van der Waals surface area contributed by atoms with E-state index in [4.69, 9.17) is 9.15 Å². The topological polar surface area (TPSA) is 113 Å². The summed E-state index contributed by atoms with van der Waals surface area (Å²) < 4.78 is 13.1. The monoisotopic (exact) mass is 460 g/mol. The number of aryl methyl sites for hydroxylation is 1. The molecule has 0 saturated carbocycles. The minimum Gasteiger partial charge on any atom is -0.486 e. The van der Waals surface area contributed by atoms with Crippen LogP contribution in [0.15, 0.2) is 69.9 Å². The van der Waals surface area contributed by atoms with Crippen LogP contribution < -0.4 is 14.8 Å². The first kappa shape index (κ1) is 20.6. The number of rotatable bonds is 6. The zero-order valence-corrected chi connectivity index (χ0v) is 18.1. The van der Waals surface area contributed by atoms with Crippen LogP contribution in [-0.2, 0) is 6.61 Å². The molecule has 5 aromatic rings. The van der Waals surface area contributed by atoms with Crippen molar-refractivity contribution in [1.29, 1.82) is 0 Å². The Kier molecular flexibility index (Phi) is 5.19. The Morgan fingerprint density at radius 2 is 2.00 bits per heavy atom. The molecular weight excluding hydrogens is 444 g/mol. The van der Waals surface area contributed by atoms with Gasteiger partial charge in [-0.2, -0.15) is 9.50 Å². The lowest BCUT2D eigenvalue weighted by Gasteiger charge is -2.03. The Hall–Kier alpha value is -4.31. The number of hydrogen-bond acceptors (Lipinski definition) is 8. The Balaban J connectivity index is 1.37. The molecule has 9 nitrogen and oxygen atoms in total. The quantitative estimate of drug-likeness (QED) is 0.280. The van der Waals surface area contributed by atoms with Gasteiger partial charge in [0.1, 0.15) is 28.4 Å². The number of thiazole rings is 1. The van der Waals surface area contributed by atoms with E-state index in [1.54, 1.807) is 30.3 Å². The van der Waals surface area contributed by atoms with Crippen LogP contribution in [0.4, 0.5) is 5.69 Å². The summed E-state index contributed by atoms with van der Waals surface area (Å²) in [5.74, 6) is 2.03. The maximum Gasteiger partial charge on any atom is 0.291 e. The summed E-state index contributed by atoms with van der Waals surface area (Å²) in [5, 5.41) is 15.2. The highest BCUT2D eigenvalue weighted by Crippen LogP contribution is 2.26. The largest absolute Gasteiger partial charge is 0.486 e. The highest BCUT2D eigenvalue weighted by Gasteiger charge is 2.13. The molecule has 164 valence electrons. The first-order chi connectivity index (χ1) is 16.0. The number of non-ortho nitro benzene ring substituents is 1. The van der Waals surface area contributed by atoms with Gasteiger partial charge in [0.2, 0.25) is 4.96 Å². The molecule has 0 amide bonds. The van der Waals surface area contributed by atoms with Crippen molar-refractivity contribution in [2.75, 3.05) is 0 Å². The number of fused-ring (bicyclic) bond motifs is 1. The fourth-order valence-electron chi connectivity index (χ4n) is 3.21. The van der Waals surface area contributed by atoms with Crippen LogP contribution in [0.1, 0.15) is 17.1 Å². The molecular formula is C23H16N4O5S. The predicted molar refractivity (Wildman–Crippen MR) is 122 cm³/mol. The third-order valence-corrected chi connectivity index (χ3v) is 5.82. The molecule has 0 N–H and O–H groups in total. The van der Waals surface area contributed by atoms with Crippen molar-refractivity contribution in [3.05, 3.63) is 103 Å². The molecule has 33 heavy (non-hydrogen) atoms. The van der Waals surface area contributed by atoms with Crippen LogP contribution in [-0.4, -0.2) is 19.5 Å². The summed E-state index contributed by atoms with van der Waals surface area (Å²) in [4.78, 5) is 28.1. The molecule has 0 saturated heterocycles. The van der Waals surface area contributed by atoms with Crippen molar-refractivity contribution in [2.24, 2.45) is 0 Å². The number of furan rings is 1. The highest BCUT2D eigenvalue weighted by molar-refractivity contribution is 7.15. The van der Waals surface area contributed by atoms with Gasteiger partial charge in [-0.25, -0.2) is 0 Å². The van der Waals surface area contributed by atoms with Crippen LogP contribution in [0.25, 0.3) is 22.4 Å². The first-order valence-corrected chi connectivity index (χ1v) is 10.7. The molecule has 0 fully saturated rings. The molecule has 3 aromatic heterocycles. The smallest absolute Gasteiger partial charge is 0.291 e. The van der Waals surface area contributed by atoms with Crippen molar-refractivity contribution in [3.63, 3.8) is 0 Å². The molecule has 0 aliphatic heterocycles. The number of hydrogen-bond donors (Lipinski definition) is 0. The Morgan fingerprint density at radius 3 is 2.76 bits per heavy atom. The van der Waals surface area contributed by atoms with Crippen molar-refractivity contribution in [2.45, 2.75) is 13.5 Å². The lowest BCUT2D eigenvalue weighted by atomic mass is 10.1. The second kappa shape index (κ2) is 8.32. The molecule has 0 atom stereocenters. The molecule has 0 unspecified atom stereocenters. The maximum atomic E-state index is 12.7. The zero-order valence-electron chi connectivity index (χ0n) is 17.3. The third kappa shape index (κ3) is 4.23. The van der Waals surface area contributed by atoms with E-state index in [0.717, 1.165) is 5.56 Å². The number of nitro benzene ring substituents is 1. The standard InChI is InChI=1S/C23H16N4O5S/c1-14-5-7-17(8-6-14)31-13-21-24-23-26(25-21)22(28)20(33-23)12-18-9-10-19(32-18)15-3-2-4-16(11-15)27(29)30/h2-12H,13H2,1H3. The number of benzene rings is 2. The van der Waals surface area contributed by atoms with Gasteiger partial charge >= 0.3 is 0 Å². The lowest BCUT2D eigenvalue weighted by molar-refractivity contribution is -0.384. The molecule has 3 heterocycles. The van der Waals surface area contributed by atoms with Gasteiger partial charge in [0, 0.05) is 23.8 Å². The van der Waals surface area contributed by atoms with Crippen molar-refractivity contribution in [3.8, 4) is 17.1 Å². The lowest BCUT2D eigenvalue weighted by Crippen LogP contribution is -2.23. The molecule has 0 aliphatic carbocycles. The van der Waals surface area contributed by atoms with E-state index in [1.165, 1.54) is 28.0 Å². The average molecular weight is 460 g/mol. The zero-order chi connectivity index (χ0) is 22.9. The van der Waals surface area contributed by atoms with E-state index in [9.17, 15) is 14.9 Å². The van der Waals surface area contributed by atoms with Crippen LogP contribution >= 0.6 is 11.3 Å². The van der Waals surface area contributed by atoms with Gasteiger partial charge in [0.25, 0.3) is 11.2 Å². The summed E-state index contributed by atoms with van der Waals surface area (Å²) in [7, 11) is 0. The van der Waals surface area contributed by atoms with Crippen LogP contribution in [0.5, 0.6) is 5.75 Å². The summed E-state index contributed by atoms with van der Waals surface area (Å²) in [6.45, 7) is 2.15. The Labute approximate surface area is 190 Å². The average Bonchev–Trinajstić information content (AvgIpc) is 3.51. The number of nitro groups is 1. The van der Waals surface area contributed by atoms with Gasteiger partial charge in [0.05, 0.1) is 4.92 Å². The van der Waals surface area contributed by atoms with Gasteiger partial charge in [-0.05, 0) is 31.2 Å². The van der Waals surface area contributed by atoms with Crippen molar-refractivity contribution >= 4 is 28.1 Å². The SMILES string of the molecule is Cc1ccc(OCc2nc3sc(=Cc4ccc(-c5cccc([N+](=O)[O-])c5)o4)c(=O)n3n2)cc1. The van der Waals surface area contributed by atoms with Crippen LogP contribution in [0, 0.1) is 17.0 Å². The van der Waals surface area contributed by atoms with Gasteiger partial charge in [0.15, 0.2) is 5.82 Å². The molecule has 0 radical (unpaired) electrons. The number of nitrogens with zero attached hydrogens (tertiary/aromatic N) is 4. The Morgan fingerprint density at radius 1 is 1.18 bits per heavy atom. The van der Waals surface area contributed by atoms with E-state index in [0.29, 0.717) is 38.2 Å². The summed E-state index contributed by atoms with van der Waals surface area (Å²) in [5.41, 5.74) is 1.38. The summed E-state index contributed by atoms with van der Waals surface area (Å²) in [6, 6.07) is 17.2. The molecule has 5 rings (SSSR count). The van der Waals surface area contributed by atoms with E-state index >= 15 is 0 Å². The first-order valence-electron chi connectivity index (χ1n) is 9.90. The molecule has 2 aromatic carbocycles.